The van der Waals surface area contributed by atoms with Crippen LogP contribution in [0.1, 0.15) is 31.1 Å². The zero-order valence-electron chi connectivity index (χ0n) is 14.5. The molecule has 0 bridgehead atoms. The molecule has 25 heavy (non-hydrogen) atoms. The van der Waals surface area contributed by atoms with Crippen LogP contribution in [0.4, 0.5) is 5.82 Å². The number of aromatic nitrogens is 2. The maximum atomic E-state index is 12.1. The van der Waals surface area contributed by atoms with Crippen LogP contribution in [0.5, 0.6) is 0 Å². The van der Waals surface area contributed by atoms with Gasteiger partial charge in [-0.2, -0.15) is 0 Å². The van der Waals surface area contributed by atoms with Gasteiger partial charge >= 0.3 is 17.9 Å². The van der Waals surface area contributed by atoms with Gasteiger partial charge in [-0.05, 0) is 27.0 Å². The van der Waals surface area contributed by atoms with Gasteiger partial charge in [0.25, 0.3) is 0 Å². The van der Waals surface area contributed by atoms with Crippen molar-refractivity contribution in [2.75, 3.05) is 31.4 Å². The Balaban J connectivity index is 3.22. The largest absolute Gasteiger partial charge is 0.464 e. The van der Waals surface area contributed by atoms with Gasteiger partial charge in [-0.1, -0.05) is 11.8 Å². The van der Waals surface area contributed by atoms with Crippen molar-refractivity contribution in [3.8, 4) is 0 Å². The number of esters is 3. The van der Waals surface area contributed by atoms with E-state index in [1.165, 1.54) is 18.0 Å². The van der Waals surface area contributed by atoms with Gasteiger partial charge in [0, 0.05) is 6.20 Å². The number of nitrogens with zero attached hydrogens (tertiary/aromatic N) is 2. The van der Waals surface area contributed by atoms with Crippen molar-refractivity contribution >= 4 is 35.5 Å². The molecule has 10 heteroatoms. The highest BCUT2D eigenvalue weighted by molar-refractivity contribution is 7.98. The van der Waals surface area contributed by atoms with E-state index in [1.807, 2.05) is 0 Å². The second-order valence-corrected chi connectivity index (χ2v) is 5.19. The molecule has 0 atom stereocenters. The highest BCUT2D eigenvalue weighted by Crippen LogP contribution is 2.19. The van der Waals surface area contributed by atoms with Crippen LogP contribution in [-0.2, 0) is 23.8 Å². The van der Waals surface area contributed by atoms with Gasteiger partial charge in [0.15, 0.2) is 5.16 Å². The van der Waals surface area contributed by atoms with Crippen molar-refractivity contribution in [3.63, 3.8) is 0 Å². The van der Waals surface area contributed by atoms with Crippen LogP contribution in [0.25, 0.3) is 0 Å². The Morgan fingerprint density at radius 3 is 2.12 bits per heavy atom. The summed E-state index contributed by atoms with van der Waals surface area (Å²) in [5.41, 5.74) is -0.00162. The monoisotopic (exact) mass is 371 g/mol. The third-order valence-corrected chi connectivity index (χ3v) is 3.33. The topological polar surface area (TPSA) is 117 Å². The Bertz CT molecular complexity index is 607. The molecule has 9 nitrogen and oxygen atoms in total. The lowest BCUT2D eigenvalue weighted by atomic mass is 10.2. The number of ether oxygens (including phenoxy) is 3. The van der Waals surface area contributed by atoms with Gasteiger partial charge < -0.3 is 19.5 Å². The Morgan fingerprint density at radius 2 is 1.64 bits per heavy atom. The smallest absolute Gasteiger partial charge is 0.343 e. The van der Waals surface area contributed by atoms with Crippen molar-refractivity contribution in [1.82, 2.24) is 9.97 Å². The molecule has 0 aromatic carbocycles. The van der Waals surface area contributed by atoms with E-state index in [1.54, 1.807) is 27.0 Å². The molecular weight excluding hydrogens is 350 g/mol. The van der Waals surface area contributed by atoms with Crippen LogP contribution in [0.3, 0.4) is 0 Å². The molecule has 0 saturated carbocycles. The Kier molecular flexibility index (Phi) is 8.68. The lowest BCUT2D eigenvalue weighted by Gasteiger charge is -2.18. The normalized spacial score (nSPS) is 10.3. The van der Waals surface area contributed by atoms with Crippen molar-refractivity contribution in [3.05, 3.63) is 11.8 Å². The lowest BCUT2D eigenvalue weighted by molar-refractivity contribution is -0.155. The van der Waals surface area contributed by atoms with Gasteiger partial charge in [-0.15, -0.1) is 0 Å². The number of hydrogen-bond acceptors (Lipinski definition) is 10. The summed E-state index contributed by atoms with van der Waals surface area (Å²) in [6.45, 7) is 5.20. The van der Waals surface area contributed by atoms with Crippen molar-refractivity contribution in [2.24, 2.45) is 0 Å². The average molecular weight is 371 g/mol. The zero-order chi connectivity index (χ0) is 18.8. The molecule has 0 aliphatic carbocycles. The third-order valence-electron chi connectivity index (χ3n) is 2.77. The van der Waals surface area contributed by atoms with Crippen LogP contribution in [0.15, 0.2) is 11.4 Å². The Hall–Kier alpha value is -2.36. The molecule has 0 amide bonds. The van der Waals surface area contributed by atoms with E-state index in [0.29, 0.717) is 5.16 Å². The highest BCUT2D eigenvalue weighted by Gasteiger charge is 2.31. The van der Waals surface area contributed by atoms with E-state index in [4.69, 9.17) is 14.2 Å². The third kappa shape index (κ3) is 5.89. The molecule has 1 rings (SSSR count). The van der Waals surface area contributed by atoms with Gasteiger partial charge in [0.05, 0.1) is 19.8 Å². The quantitative estimate of drug-likeness (QED) is 0.224. The first-order valence-electron chi connectivity index (χ1n) is 7.66. The maximum Gasteiger partial charge on any atom is 0.343 e. The van der Waals surface area contributed by atoms with Crippen LogP contribution < -0.4 is 5.32 Å². The minimum atomic E-state index is -1.46. The summed E-state index contributed by atoms with van der Waals surface area (Å²) < 4.78 is 14.7. The molecule has 0 aliphatic heterocycles. The molecule has 1 N–H and O–H groups in total. The fourth-order valence-electron chi connectivity index (χ4n) is 1.73. The SMILES string of the molecule is CCOC(=O)c1cnc(SC)nc1NC(C(=O)OCC)C(=O)OCC. The molecule has 1 heterocycles. The number of carbonyl (C=O) groups excluding carboxylic acids is 3. The van der Waals surface area contributed by atoms with Crippen LogP contribution in [-0.4, -0.2) is 60.0 Å². The second kappa shape index (κ2) is 10.5. The first-order valence-corrected chi connectivity index (χ1v) is 8.88. The predicted octanol–water partition coefficient (Wildman–Crippen LogP) is 1.28. The van der Waals surface area contributed by atoms with E-state index in [-0.39, 0.29) is 31.2 Å². The van der Waals surface area contributed by atoms with Crippen molar-refractivity contribution < 1.29 is 28.6 Å². The number of thioether (sulfide) groups is 1. The second-order valence-electron chi connectivity index (χ2n) is 4.42. The van der Waals surface area contributed by atoms with Gasteiger partial charge in [-0.25, -0.2) is 24.4 Å². The molecule has 0 fully saturated rings. The summed E-state index contributed by atoms with van der Waals surface area (Å²) in [7, 11) is 0. The molecule has 0 spiro atoms. The summed E-state index contributed by atoms with van der Waals surface area (Å²) in [6, 6.07) is -1.46. The summed E-state index contributed by atoms with van der Waals surface area (Å²) in [4.78, 5) is 44.4. The van der Waals surface area contributed by atoms with Crippen molar-refractivity contribution in [2.45, 2.75) is 32.0 Å². The van der Waals surface area contributed by atoms with E-state index in [0.717, 1.165) is 0 Å². The average Bonchev–Trinajstić information content (AvgIpc) is 2.59. The molecule has 1 aromatic heterocycles. The van der Waals surface area contributed by atoms with Gasteiger partial charge in [0.2, 0.25) is 6.04 Å². The zero-order valence-corrected chi connectivity index (χ0v) is 15.3. The first kappa shape index (κ1) is 20.7. The molecule has 1 aromatic rings. The summed E-state index contributed by atoms with van der Waals surface area (Å²) in [5.74, 6) is -2.35. The van der Waals surface area contributed by atoms with E-state index >= 15 is 0 Å². The van der Waals surface area contributed by atoms with Crippen LogP contribution >= 0.6 is 11.8 Å². The first-order chi connectivity index (χ1) is 12.0. The fourth-order valence-corrected chi connectivity index (χ4v) is 2.07. The summed E-state index contributed by atoms with van der Waals surface area (Å²) >= 11 is 1.23. The molecular formula is C15H21N3O6S. The Labute approximate surface area is 149 Å². The standard InChI is InChI=1S/C15H21N3O6S/c1-5-22-12(19)9-8-16-15(25-4)18-11(9)17-10(13(20)23-6-2)14(21)24-7-3/h8,10H,5-7H2,1-4H3,(H,16,17,18). The van der Waals surface area contributed by atoms with E-state index in [9.17, 15) is 14.4 Å². The Morgan fingerprint density at radius 1 is 1.08 bits per heavy atom. The summed E-state index contributed by atoms with van der Waals surface area (Å²) in [5, 5.41) is 2.97. The lowest BCUT2D eigenvalue weighted by Crippen LogP contribution is -2.41. The molecule has 0 unspecified atom stereocenters. The van der Waals surface area contributed by atoms with Gasteiger partial charge in [-0.3, -0.25) is 0 Å². The summed E-state index contributed by atoms with van der Waals surface area (Å²) in [6.07, 6.45) is 3.02. The highest BCUT2D eigenvalue weighted by atomic mass is 32.2. The minimum absolute atomic E-state index is 0.00162. The molecule has 138 valence electrons. The number of anilines is 1. The van der Waals surface area contributed by atoms with E-state index < -0.39 is 23.9 Å². The van der Waals surface area contributed by atoms with Crippen molar-refractivity contribution in [1.29, 1.82) is 0 Å². The maximum absolute atomic E-state index is 12.1. The number of hydrogen-bond donors (Lipinski definition) is 1. The fraction of sp³-hybridized carbons (Fsp3) is 0.533. The minimum Gasteiger partial charge on any atom is -0.464 e. The van der Waals surface area contributed by atoms with Crippen LogP contribution in [0.2, 0.25) is 0 Å². The predicted molar refractivity (Wildman–Crippen MR) is 90.4 cm³/mol. The molecule has 0 aliphatic rings. The number of nitrogens with one attached hydrogen (secondary N) is 1. The number of carbonyl (C=O) groups is 3. The molecule has 0 radical (unpaired) electrons. The van der Waals surface area contributed by atoms with Crippen LogP contribution in [0, 0.1) is 0 Å². The number of rotatable bonds is 9. The van der Waals surface area contributed by atoms with Gasteiger partial charge in [0.1, 0.15) is 11.4 Å². The molecule has 0 saturated heterocycles. The van der Waals surface area contributed by atoms with E-state index in [2.05, 4.69) is 15.3 Å².